The zero-order chi connectivity index (χ0) is 8.55. The molecule has 3 aliphatic rings. The summed E-state index contributed by atoms with van der Waals surface area (Å²) in [5.41, 5.74) is 0. The fourth-order valence-corrected chi connectivity index (χ4v) is 2.46. The topological polar surface area (TPSA) is 34.1 Å². The van der Waals surface area contributed by atoms with Crippen molar-refractivity contribution in [3.05, 3.63) is 12.2 Å². The first-order valence-electron chi connectivity index (χ1n) is 4.45. The number of aldehydes is 2. The van der Waals surface area contributed by atoms with Gasteiger partial charge in [0, 0.05) is 11.8 Å². The van der Waals surface area contributed by atoms with Crippen LogP contribution in [0.1, 0.15) is 12.8 Å². The van der Waals surface area contributed by atoms with Crippen LogP contribution in [0.4, 0.5) is 0 Å². The standard InChI is InChI=1S/C10H12O2/c11-5-9-7-1-2-8(4-3-7)10(9)6-12/h1-2,5-10H,3-4H2/t7-,8+,9?,10?. The predicted octanol–water partition coefficient (Wildman–Crippen LogP) is 1.21. The maximum Gasteiger partial charge on any atom is 0.124 e. The van der Waals surface area contributed by atoms with Gasteiger partial charge in [-0.3, -0.25) is 0 Å². The summed E-state index contributed by atoms with van der Waals surface area (Å²) in [6.45, 7) is 0. The Hall–Kier alpha value is -0.920. The molecule has 12 heavy (non-hydrogen) atoms. The summed E-state index contributed by atoms with van der Waals surface area (Å²) in [4.78, 5) is 21.5. The number of hydrogen-bond donors (Lipinski definition) is 0. The van der Waals surface area contributed by atoms with Gasteiger partial charge in [0.15, 0.2) is 0 Å². The maximum absolute atomic E-state index is 10.7. The number of rotatable bonds is 2. The van der Waals surface area contributed by atoms with Crippen LogP contribution in [0.2, 0.25) is 0 Å². The highest BCUT2D eigenvalue weighted by Gasteiger charge is 2.40. The van der Waals surface area contributed by atoms with E-state index in [0.29, 0.717) is 11.8 Å². The summed E-state index contributed by atoms with van der Waals surface area (Å²) in [6, 6.07) is 0. The molecule has 2 unspecified atom stereocenters. The van der Waals surface area contributed by atoms with Gasteiger partial charge in [-0.25, -0.2) is 0 Å². The number of hydrogen-bond acceptors (Lipinski definition) is 2. The highest BCUT2D eigenvalue weighted by atomic mass is 16.1. The fraction of sp³-hybridized carbons (Fsp3) is 0.600. The lowest BCUT2D eigenvalue weighted by Crippen LogP contribution is -2.38. The second-order valence-corrected chi connectivity index (χ2v) is 3.72. The lowest BCUT2D eigenvalue weighted by atomic mass is 9.63. The average Bonchev–Trinajstić information content (AvgIpc) is 2.18. The van der Waals surface area contributed by atoms with Gasteiger partial charge in [0.1, 0.15) is 12.6 Å². The number of carbonyl (C=O) groups is 2. The van der Waals surface area contributed by atoms with Gasteiger partial charge in [-0.2, -0.15) is 0 Å². The van der Waals surface area contributed by atoms with Crippen LogP contribution < -0.4 is 0 Å². The second kappa shape index (κ2) is 2.85. The van der Waals surface area contributed by atoms with Crippen molar-refractivity contribution >= 4 is 12.6 Å². The molecular weight excluding hydrogens is 152 g/mol. The minimum absolute atomic E-state index is 0.0359. The second-order valence-electron chi connectivity index (χ2n) is 3.72. The molecule has 2 nitrogen and oxygen atoms in total. The van der Waals surface area contributed by atoms with Gasteiger partial charge in [-0.05, 0) is 24.7 Å². The summed E-state index contributed by atoms with van der Waals surface area (Å²) >= 11 is 0. The Balaban J connectivity index is 2.29. The third kappa shape index (κ3) is 0.942. The normalized spacial score (nSPS) is 44.3. The Morgan fingerprint density at radius 3 is 1.58 bits per heavy atom. The molecule has 0 aromatic heterocycles. The van der Waals surface area contributed by atoms with E-state index in [4.69, 9.17) is 0 Å². The first-order valence-corrected chi connectivity index (χ1v) is 4.45. The van der Waals surface area contributed by atoms with Crippen molar-refractivity contribution in [3.8, 4) is 0 Å². The highest BCUT2D eigenvalue weighted by Crippen LogP contribution is 2.42. The van der Waals surface area contributed by atoms with E-state index < -0.39 is 0 Å². The van der Waals surface area contributed by atoms with Gasteiger partial charge in [-0.1, -0.05) is 12.2 Å². The van der Waals surface area contributed by atoms with Crippen LogP contribution in [0, 0.1) is 23.7 Å². The van der Waals surface area contributed by atoms with Crippen molar-refractivity contribution in [1.29, 1.82) is 0 Å². The summed E-state index contributed by atoms with van der Waals surface area (Å²) in [7, 11) is 0. The minimum Gasteiger partial charge on any atom is -0.303 e. The van der Waals surface area contributed by atoms with E-state index in [9.17, 15) is 9.59 Å². The summed E-state index contributed by atoms with van der Waals surface area (Å²) in [6.07, 6.45) is 8.28. The molecule has 0 heterocycles. The lowest BCUT2D eigenvalue weighted by Gasteiger charge is -2.39. The molecule has 64 valence electrons. The van der Waals surface area contributed by atoms with Crippen LogP contribution in [0.15, 0.2) is 12.2 Å². The van der Waals surface area contributed by atoms with E-state index in [0.717, 1.165) is 25.4 Å². The zero-order valence-electron chi connectivity index (χ0n) is 6.85. The Morgan fingerprint density at radius 2 is 1.33 bits per heavy atom. The monoisotopic (exact) mass is 164 g/mol. The van der Waals surface area contributed by atoms with E-state index in [1.165, 1.54) is 0 Å². The van der Waals surface area contributed by atoms with Crippen LogP contribution in [0.5, 0.6) is 0 Å². The molecular formula is C10H12O2. The zero-order valence-corrected chi connectivity index (χ0v) is 6.85. The van der Waals surface area contributed by atoms with Gasteiger partial charge >= 0.3 is 0 Å². The van der Waals surface area contributed by atoms with Crippen molar-refractivity contribution < 1.29 is 9.59 Å². The van der Waals surface area contributed by atoms with Gasteiger partial charge in [-0.15, -0.1) is 0 Å². The molecule has 0 spiro atoms. The smallest absolute Gasteiger partial charge is 0.124 e. The van der Waals surface area contributed by atoms with Crippen molar-refractivity contribution in [2.45, 2.75) is 12.8 Å². The first kappa shape index (κ1) is 7.71. The Kier molecular flexibility index (Phi) is 1.83. The van der Waals surface area contributed by atoms with Crippen molar-refractivity contribution in [2.75, 3.05) is 0 Å². The molecule has 1 saturated carbocycles. The van der Waals surface area contributed by atoms with E-state index in [2.05, 4.69) is 12.2 Å². The molecule has 0 amide bonds. The van der Waals surface area contributed by atoms with Gasteiger partial charge in [0.25, 0.3) is 0 Å². The lowest BCUT2D eigenvalue weighted by molar-refractivity contribution is -0.124. The van der Waals surface area contributed by atoms with Crippen LogP contribution in [0.3, 0.4) is 0 Å². The molecule has 0 aromatic carbocycles. The SMILES string of the molecule is O=CC1C(C=O)[C@H]2C=C[C@@H]1CC2. The molecule has 4 atom stereocenters. The van der Waals surface area contributed by atoms with E-state index in [-0.39, 0.29) is 11.8 Å². The molecule has 0 N–H and O–H groups in total. The van der Waals surface area contributed by atoms with E-state index >= 15 is 0 Å². The van der Waals surface area contributed by atoms with Crippen LogP contribution >= 0.6 is 0 Å². The van der Waals surface area contributed by atoms with Gasteiger partial charge < -0.3 is 9.59 Å². The third-order valence-electron chi connectivity index (χ3n) is 3.19. The molecule has 0 radical (unpaired) electrons. The molecule has 1 fully saturated rings. The maximum atomic E-state index is 10.7. The largest absolute Gasteiger partial charge is 0.303 e. The van der Waals surface area contributed by atoms with Crippen molar-refractivity contribution in [2.24, 2.45) is 23.7 Å². The molecule has 0 saturated heterocycles. The van der Waals surface area contributed by atoms with Crippen molar-refractivity contribution in [3.63, 3.8) is 0 Å². The number of allylic oxidation sites excluding steroid dienone is 2. The molecule has 3 aliphatic carbocycles. The number of carbonyl (C=O) groups excluding carboxylic acids is 2. The first-order chi connectivity index (χ1) is 5.86. The Morgan fingerprint density at radius 1 is 0.917 bits per heavy atom. The van der Waals surface area contributed by atoms with Gasteiger partial charge in [0.05, 0.1) is 0 Å². The fourth-order valence-electron chi connectivity index (χ4n) is 2.46. The quantitative estimate of drug-likeness (QED) is 0.454. The summed E-state index contributed by atoms with van der Waals surface area (Å²) in [5.74, 6) is 0.600. The molecule has 3 rings (SSSR count). The highest BCUT2D eigenvalue weighted by molar-refractivity contribution is 5.67. The van der Waals surface area contributed by atoms with Crippen LogP contribution in [-0.2, 0) is 9.59 Å². The van der Waals surface area contributed by atoms with Crippen LogP contribution in [0.25, 0.3) is 0 Å². The molecule has 0 aliphatic heterocycles. The minimum atomic E-state index is -0.0359. The molecule has 2 bridgehead atoms. The molecule has 2 heteroatoms. The van der Waals surface area contributed by atoms with Crippen LogP contribution in [-0.4, -0.2) is 12.6 Å². The third-order valence-corrected chi connectivity index (χ3v) is 3.19. The Bertz CT molecular complexity index is 208. The van der Waals surface area contributed by atoms with E-state index in [1.807, 2.05) is 0 Å². The number of fused-ring (bicyclic) bond motifs is 2. The van der Waals surface area contributed by atoms with E-state index in [1.54, 1.807) is 0 Å². The van der Waals surface area contributed by atoms with Crippen molar-refractivity contribution in [1.82, 2.24) is 0 Å². The summed E-state index contributed by atoms with van der Waals surface area (Å²) < 4.78 is 0. The Labute approximate surface area is 71.6 Å². The average molecular weight is 164 g/mol. The summed E-state index contributed by atoms with van der Waals surface area (Å²) in [5, 5.41) is 0. The van der Waals surface area contributed by atoms with Gasteiger partial charge in [0.2, 0.25) is 0 Å². The predicted molar refractivity (Wildman–Crippen MR) is 44.5 cm³/mol. The molecule has 0 aromatic rings.